The van der Waals surface area contributed by atoms with Gasteiger partial charge in [0.2, 0.25) is 5.91 Å². The Hall–Kier alpha value is -1.53. The van der Waals surface area contributed by atoms with Crippen LogP contribution in [0, 0.1) is 17.0 Å². The summed E-state index contributed by atoms with van der Waals surface area (Å²) in [6, 6.07) is 3.47. The third-order valence-corrected chi connectivity index (χ3v) is 6.00. The number of unbranched alkanes of at least 4 members (excludes halogenated alkanes) is 3. The van der Waals surface area contributed by atoms with Gasteiger partial charge in [-0.3, -0.25) is 4.79 Å². The van der Waals surface area contributed by atoms with Crippen molar-refractivity contribution in [1.82, 2.24) is 9.80 Å². The maximum absolute atomic E-state index is 13.4. The minimum absolute atomic E-state index is 0.0241. The average molecular weight is 380 g/mol. The van der Waals surface area contributed by atoms with E-state index in [4.69, 9.17) is 5.11 Å². The van der Waals surface area contributed by atoms with Crippen LogP contribution in [0.25, 0.3) is 0 Å². The number of halogens is 2. The summed E-state index contributed by atoms with van der Waals surface area (Å²) in [5, 5.41) is 8.82. The van der Waals surface area contributed by atoms with Crippen molar-refractivity contribution < 1.29 is 18.7 Å². The number of carbonyl (C=O) groups is 1. The van der Waals surface area contributed by atoms with Gasteiger partial charge in [0.15, 0.2) is 0 Å². The van der Waals surface area contributed by atoms with Crippen LogP contribution in [0.5, 0.6) is 0 Å². The third kappa shape index (κ3) is 5.48. The number of likely N-dealkylation sites (tertiary alicyclic amines) is 2. The lowest BCUT2D eigenvalue weighted by molar-refractivity contribution is -0.128. The zero-order valence-electron chi connectivity index (χ0n) is 15.9. The molecule has 2 heterocycles. The first-order valence-corrected chi connectivity index (χ1v) is 10.1. The molecule has 0 radical (unpaired) electrons. The fraction of sp³-hybridized carbons (Fsp3) is 0.667. The van der Waals surface area contributed by atoms with E-state index in [0.29, 0.717) is 18.5 Å². The SMILES string of the molecule is O=C1CC2(CCN(CCCCCCO)CC2)CN1Cc1cc(F)cc(F)c1. The summed E-state index contributed by atoms with van der Waals surface area (Å²) in [4.78, 5) is 16.7. The molecule has 0 atom stereocenters. The molecular weight excluding hydrogens is 350 g/mol. The highest BCUT2D eigenvalue weighted by atomic mass is 19.1. The zero-order valence-corrected chi connectivity index (χ0v) is 15.9. The Labute approximate surface area is 160 Å². The van der Waals surface area contributed by atoms with Gasteiger partial charge in [-0.25, -0.2) is 8.78 Å². The molecule has 1 aromatic carbocycles. The summed E-state index contributed by atoms with van der Waals surface area (Å²) in [6.45, 7) is 4.35. The molecule has 0 unspecified atom stereocenters. The molecule has 0 saturated carbocycles. The molecule has 2 fully saturated rings. The van der Waals surface area contributed by atoms with Crippen molar-refractivity contribution in [2.24, 2.45) is 5.41 Å². The van der Waals surface area contributed by atoms with E-state index in [9.17, 15) is 13.6 Å². The largest absolute Gasteiger partial charge is 0.396 e. The van der Waals surface area contributed by atoms with Gasteiger partial charge in [0.05, 0.1) is 0 Å². The van der Waals surface area contributed by atoms with Gasteiger partial charge in [0.1, 0.15) is 11.6 Å². The van der Waals surface area contributed by atoms with Gasteiger partial charge in [0, 0.05) is 32.2 Å². The van der Waals surface area contributed by atoms with E-state index in [0.717, 1.165) is 64.2 Å². The molecule has 27 heavy (non-hydrogen) atoms. The van der Waals surface area contributed by atoms with Crippen molar-refractivity contribution in [1.29, 1.82) is 0 Å². The van der Waals surface area contributed by atoms with Crippen molar-refractivity contribution in [3.05, 3.63) is 35.4 Å². The van der Waals surface area contributed by atoms with E-state index in [-0.39, 0.29) is 24.5 Å². The number of aliphatic hydroxyl groups excluding tert-OH is 1. The lowest BCUT2D eigenvalue weighted by Crippen LogP contribution is -2.41. The van der Waals surface area contributed by atoms with Crippen LogP contribution in [0.2, 0.25) is 0 Å². The summed E-state index contributed by atoms with van der Waals surface area (Å²) in [6.07, 6.45) is 6.83. The van der Waals surface area contributed by atoms with Crippen molar-refractivity contribution >= 4 is 5.91 Å². The van der Waals surface area contributed by atoms with E-state index >= 15 is 0 Å². The molecule has 0 bridgehead atoms. The summed E-state index contributed by atoms with van der Waals surface area (Å²) < 4.78 is 26.8. The van der Waals surface area contributed by atoms with Crippen molar-refractivity contribution in [3.8, 4) is 0 Å². The van der Waals surface area contributed by atoms with Crippen LogP contribution in [0.1, 0.15) is 50.5 Å². The molecule has 1 spiro atoms. The van der Waals surface area contributed by atoms with Gasteiger partial charge >= 0.3 is 0 Å². The normalized spacial score (nSPS) is 20.0. The van der Waals surface area contributed by atoms with E-state index < -0.39 is 11.6 Å². The second kappa shape index (κ2) is 9.11. The number of piperidine rings is 1. The summed E-state index contributed by atoms with van der Waals surface area (Å²) in [7, 11) is 0. The number of aliphatic hydroxyl groups is 1. The number of benzene rings is 1. The minimum atomic E-state index is -0.598. The Balaban J connectivity index is 1.47. The molecule has 2 saturated heterocycles. The van der Waals surface area contributed by atoms with Gasteiger partial charge < -0.3 is 14.9 Å². The predicted molar refractivity (Wildman–Crippen MR) is 100 cm³/mol. The standard InChI is InChI=1S/C21H30F2N2O2/c22-18-11-17(12-19(23)13-18)15-25-16-21(14-20(25)27)5-8-24(9-6-21)7-3-1-2-4-10-26/h11-13,26H,1-10,14-16H2. The smallest absolute Gasteiger partial charge is 0.223 e. The molecule has 3 rings (SSSR count). The fourth-order valence-electron chi connectivity index (χ4n) is 4.43. The highest BCUT2D eigenvalue weighted by Crippen LogP contribution is 2.41. The van der Waals surface area contributed by atoms with Gasteiger partial charge in [-0.15, -0.1) is 0 Å². The van der Waals surface area contributed by atoms with Gasteiger partial charge in [-0.1, -0.05) is 12.8 Å². The maximum atomic E-state index is 13.4. The minimum Gasteiger partial charge on any atom is -0.396 e. The Bertz CT molecular complexity index is 625. The number of amides is 1. The Morgan fingerprint density at radius 2 is 1.67 bits per heavy atom. The quantitative estimate of drug-likeness (QED) is 0.704. The van der Waals surface area contributed by atoms with Crippen LogP contribution in [-0.2, 0) is 11.3 Å². The summed E-state index contributed by atoms with van der Waals surface area (Å²) >= 11 is 0. The monoisotopic (exact) mass is 380 g/mol. The van der Waals surface area contributed by atoms with Crippen molar-refractivity contribution in [3.63, 3.8) is 0 Å². The summed E-state index contributed by atoms with van der Waals surface area (Å²) in [5.74, 6) is -1.10. The number of rotatable bonds is 8. The van der Waals surface area contributed by atoms with E-state index in [1.807, 2.05) is 0 Å². The van der Waals surface area contributed by atoms with Crippen molar-refractivity contribution in [2.75, 3.05) is 32.8 Å². The zero-order chi connectivity index (χ0) is 19.3. The second-order valence-electron chi connectivity index (χ2n) is 8.18. The molecule has 150 valence electrons. The van der Waals surface area contributed by atoms with Crippen LogP contribution in [-0.4, -0.2) is 53.6 Å². The molecular formula is C21H30F2N2O2. The van der Waals surface area contributed by atoms with Crippen LogP contribution in [0.3, 0.4) is 0 Å². The third-order valence-electron chi connectivity index (χ3n) is 6.00. The van der Waals surface area contributed by atoms with Crippen LogP contribution >= 0.6 is 0 Å². The summed E-state index contributed by atoms with van der Waals surface area (Å²) in [5.41, 5.74) is 0.536. The van der Waals surface area contributed by atoms with Crippen LogP contribution in [0.15, 0.2) is 18.2 Å². The molecule has 1 N–H and O–H groups in total. The van der Waals surface area contributed by atoms with Gasteiger partial charge in [0.25, 0.3) is 0 Å². The second-order valence-corrected chi connectivity index (χ2v) is 8.18. The first kappa shape index (κ1) is 20.2. The number of hydrogen-bond acceptors (Lipinski definition) is 3. The molecule has 2 aliphatic rings. The number of hydrogen-bond donors (Lipinski definition) is 1. The number of carbonyl (C=O) groups excluding carboxylic acids is 1. The van der Waals surface area contributed by atoms with Gasteiger partial charge in [-0.2, -0.15) is 0 Å². The van der Waals surface area contributed by atoms with E-state index in [1.54, 1.807) is 4.90 Å². The molecule has 2 aliphatic heterocycles. The van der Waals surface area contributed by atoms with Crippen LogP contribution < -0.4 is 0 Å². The highest BCUT2D eigenvalue weighted by molar-refractivity contribution is 5.79. The highest BCUT2D eigenvalue weighted by Gasteiger charge is 2.44. The predicted octanol–water partition coefficient (Wildman–Crippen LogP) is 3.33. The molecule has 0 aromatic heterocycles. The van der Waals surface area contributed by atoms with Gasteiger partial charge in [-0.05, 0) is 68.4 Å². The lowest BCUT2D eigenvalue weighted by atomic mass is 9.77. The molecule has 0 aliphatic carbocycles. The van der Waals surface area contributed by atoms with E-state index in [1.165, 1.54) is 12.1 Å². The Morgan fingerprint density at radius 1 is 1.00 bits per heavy atom. The van der Waals surface area contributed by atoms with Crippen molar-refractivity contribution in [2.45, 2.75) is 51.5 Å². The van der Waals surface area contributed by atoms with E-state index in [2.05, 4.69) is 4.90 Å². The fourth-order valence-corrected chi connectivity index (χ4v) is 4.43. The molecule has 4 nitrogen and oxygen atoms in total. The molecule has 1 amide bonds. The molecule has 1 aromatic rings. The lowest BCUT2D eigenvalue weighted by Gasteiger charge is -2.38. The maximum Gasteiger partial charge on any atom is 0.223 e. The Kier molecular flexibility index (Phi) is 6.82. The topological polar surface area (TPSA) is 43.8 Å². The average Bonchev–Trinajstić information content (AvgIpc) is 2.91. The first-order chi connectivity index (χ1) is 13.0. The Morgan fingerprint density at radius 3 is 2.33 bits per heavy atom. The van der Waals surface area contributed by atoms with Crippen LogP contribution in [0.4, 0.5) is 8.78 Å². The molecule has 6 heteroatoms. The number of nitrogens with zero attached hydrogens (tertiary/aromatic N) is 2. The first-order valence-electron chi connectivity index (χ1n) is 10.1.